The summed E-state index contributed by atoms with van der Waals surface area (Å²) in [4.78, 5) is 35.4. The van der Waals surface area contributed by atoms with Crippen molar-refractivity contribution in [3.8, 4) is 45.4 Å². The third-order valence-electron chi connectivity index (χ3n) is 8.92. The van der Waals surface area contributed by atoms with Gasteiger partial charge in [-0.3, -0.25) is 18.7 Å². The highest BCUT2D eigenvalue weighted by Crippen LogP contribution is 2.30. The molecule has 0 bridgehead atoms. The van der Waals surface area contributed by atoms with E-state index in [2.05, 4.69) is 4.98 Å². The number of aromatic hydroxyl groups is 2. The van der Waals surface area contributed by atoms with Crippen molar-refractivity contribution in [1.82, 2.24) is 19.1 Å². The molecule has 0 aliphatic heterocycles. The van der Waals surface area contributed by atoms with Gasteiger partial charge in [0, 0.05) is 13.1 Å². The van der Waals surface area contributed by atoms with Crippen molar-refractivity contribution in [1.29, 1.82) is 0 Å². The minimum Gasteiger partial charge on any atom is -0.507 e. The summed E-state index contributed by atoms with van der Waals surface area (Å²) >= 11 is 6.11. The van der Waals surface area contributed by atoms with Crippen molar-refractivity contribution in [2.24, 2.45) is 0 Å². The maximum atomic E-state index is 13.6. The molecule has 0 spiro atoms. The van der Waals surface area contributed by atoms with Gasteiger partial charge < -0.3 is 10.2 Å². The van der Waals surface area contributed by atoms with Gasteiger partial charge in [0.1, 0.15) is 28.2 Å². The number of phenolic OH excluding ortho intramolecular Hbond substituents is 2. The van der Waals surface area contributed by atoms with E-state index in [1.165, 1.54) is 4.57 Å². The Balaban J connectivity index is 0.000000185. The first-order valence-corrected chi connectivity index (χ1v) is 17.7. The Labute approximate surface area is 312 Å². The smallest absolute Gasteiger partial charge is 0.272 e. The van der Waals surface area contributed by atoms with Crippen LogP contribution >= 0.6 is 11.6 Å². The summed E-state index contributed by atoms with van der Waals surface area (Å²) in [5, 5.41) is 20.6. The number of para-hydroxylation sites is 2. The zero-order valence-corrected chi connectivity index (χ0v) is 30.2. The molecule has 7 rings (SSSR count). The monoisotopic (exact) mass is 722 g/mol. The summed E-state index contributed by atoms with van der Waals surface area (Å²) < 4.78 is 3.20. The van der Waals surface area contributed by atoms with Crippen LogP contribution in [0.5, 0.6) is 11.5 Å². The summed E-state index contributed by atoms with van der Waals surface area (Å²) in [5.41, 5.74) is 5.48. The highest BCUT2D eigenvalue weighted by Gasteiger charge is 2.19. The third-order valence-corrected chi connectivity index (χ3v) is 9.35. The quantitative estimate of drug-likeness (QED) is 0.154. The summed E-state index contributed by atoms with van der Waals surface area (Å²) in [7, 11) is 0. The number of aromatic nitrogens is 4. The van der Waals surface area contributed by atoms with Crippen LogP contribution in [-0.2, 0) is 25.9 Å². The van der Waals surface area contributed by atoms with E-state index < -0.39 is 0 Å². The Bertz CT molecular complexity index is 2450. The zero-order valence-electron chi connectivity index (χ0n) is 29.5. The number of nitrogens with zero attached hydrogens (tertiary/aromatic N) is 4. The second-order valence-corrected chi connectivity index (χ2v) is 12.9. The Morgan fingerprint density at radius 1 is 0.528 bits per heavy atom. The molecule has 0 amide bonds. The van der Waals surface area contributed by atoms with Gasteiger partial charge in [-0.2, -0.15) is 0 Å². The van der Waals surface area contributed by atoms with E-state index in [-0.39, 0.29) is 27.6 Å². The summed E-state index contributed by atoms with van der Waals surface area (Å²) in [6, 6.07) is 43.4. The molecule has 0 radical (unpaired) electrons. The Morgan fingerprint density at radius 2 is 0.925 bits per heavy atom. The van der Waals surface area contributed by atoms with Gasteiger partial charge in [-0.05, 0) is 67.6 Å². The van der Waals surface area contributed by atoms with E-state index in [1.54, 1.807) is 54.0 Å². The summed E-state index contributed by atoms with van der Waals surface area (Å²) in [6.07, 6.45) is 1.36. The number of benzene rings is 5. The molecule has 266 valence electrons. The largest absolute Gasteiger partial charge is 0.507 e. The van der Waals surface area contributed by atoms with E-state index >= 15 is 0 Å². The molecule has 0 fully saturated rings. The molecule has 5 aromatic carbocycles. The number of hydrogen-bond donors (Lipinski definition) is 2. The molecule has 0 saturated carbocycles. The van der Waals surface area contributed by atoms with Gasteiger partial charge in [-0.1, -0.05) is 127 Å². The van der Waals surface area contributed by atoms with Gasteiger partial charge in [0.15, 0.2) is 0 Å². The first-order valence-electron chi connectivity index (χ1n) is 17.3. The maximum Gasteiger partial charge on any atom is 0.272 e. The predicted octanol–water partition coefficient (Wildman–Crippen LogP) is 8.65. The molecule has 7 aromatic rings. The van der Waals surface area contributed by atoms with Crippen molar-refractivity contribution in [2.75, 3.05) is 0 Å². The molecule has 53 heavy (non-hydrogen) atoms. The van der Waals surface area contributed by atoms with Crippen molar-refractivity contribution >= 4 is 11.6 Å². The minimum absolute atomic E-state index is 0.0829. The van der Waals surface area contributed by atoms with Crippen molar-refractivity contribution in [3.05, 3.63) is 188 Å². The Kier molecular flexibility index (Phi) is 11.6. The summed E-state index contributed by atoms with van der Waals surface area (Å²) in [6.45, 7) is 4.43. The fourth-order valence-electron chi connectivity index (χ4n) is 6.16. The van der Waals surface area contributed by atoms with Crippen LogP contribution in [-0.4, -0.2) is 29.3 Å². The minimum atomic E-state index is -0.293. The van der Waals surface area contributed by atoms with Crippen LogP contribution in [0.25, 0.3) is 33.9 Å². The van der Waals surface area contributed by atoms with Gasteiger partial charge in [0.05, 0.1) is 28.1 Å². The highest BCUT2D eigenvalue weighted by molar-refractivity contribution is 6.31. The zero-order chi connectivity index (χ0) is 37.3. The lowest BCUT2D eigenvalue weighted by atomic mass is 10.0. The van der Waals surface area contributed by atoms with E-state index in [9.17, 15) is 19.8 Å². The number of aryl methyl sites for hydroxylation is 4. The lowest BCUT2D eigenvalue weighted by Crippen LogP contribution is -2.27. The van der Waals surface area contributed by atoms with Gasteiger partial charge >= 0.3 is 0 Å². The van der Waals surface area contributed by atoms with E-state index in [4.69, 9.17) is 16.6 Å². The van der Waals surface area contributed by atoms with Crippen LogP contribution in [0, 0.1) is 13.8 Å². The van der Waals surface area contributed by atoms with Crippen LogP contribution < -0.4 is 11.1 Å². The number of hydrogen-bond acceptors (Lipinski definition) is 6. The highest BCUT2D eigenvalue weighted by atomic mass is 35.5. The topological polar surface area (TPSA) is 110 Å². The van der Waals surface area contributed by atoms with E-state index in [1.807, 2.05) is 104 Å². The number of phenols is 2. The van der Waals surface area contributed by atoms with Gasteiger partial charge in [-0.15, -0.1) is 0 Å². The Hall–Kier alpha value is -6.25. The maximum absolute atomic E-state index is 13.6. The third kappa shape index (κ3) is 8.46. The van der Waals surface area contributed by atoms with Crippen LogP contribution in [0.2, 0.25) is 5.02 Å². The molecule has 2 heterocycles. The second-order valence-electron chi connectivity index (χ2n) is 12.5. The molecule has 0 unspecified atom stereocenters. The van der Waals surface area contributed by atoms with Crippen molar-refractivity contribution < 1.29 is 10.2 Å². The average Bonchev–Trinajstić information content (AvgIpc) is 3.18. The summed E-state index contributed by atoms with van der Waals surface area (Å²) in [5.74, 6) is 1.11. The lowest BCUT2D eigenvalue weighted by molar-refractivity contribution is 0.475. The van der Waals surface area contributed by atoms with E-state index in [0.717, 1.165) is 16.7 Å². The van der Waals surface area contributed by atoms with Gasteiger partial charge in [0.2, 0.25) is 0 Å². The van der Waals surface area contributed by atoms with Crippen LogP contribution in [0.1, 0.15) is 22.5 Å². The van der Waals surface area contributed by atoms with Gasteiger partial charge in [-0.25, -0.2) is 9.97 Å². The van der Waals surface area contributed by atoms with Crippen LogP contribution in [0.3, 0.4) is 0 Å². The molecule has 0 aliphatic rings. The fourth-order valence-corrected chi connectivity index (χ4v) is 6.30. The van der Waals surface area contributed by atoms with E-state index in [0.29, 0.717) is 65.7 Å². The first-order chi connectivity index (χ1) is 25.7. The number of rotatable bonds is 9. The first kappa shape index (κ1) is 36.5. The lowest BCUT2D eigenvalue weighted by Gasteiger charge is -2.17. The average molecular weight is 723 g/mol. The molecule has 2 aromatic heterocycles. The Morgan fingerprint density at radius 3 is 1.40 bits per heavy atom. The molecule has 8 nitrogen and oxygen atoms in total. The molecular formula is C44H39ClN4O4. The molecule has 9 heteroatoms. The standard InChI is InChI=1S/C25H22N2O2.C19H17ClN2O2/c1-18-23(20-12-6-3-7-13-20)25(29)27(17-16-19-10-4-2-5-11-19)24(26-18)21-14-8-9-15-22(21)28;1-13-17(20)19(24)22(12-11-14-7-3-2-4-8-14)18(21-13)15-9-5-6-10-16(15)23/h2-15,28H,16-17H2,1H3;2-10,23H,11-12H2,1H3. The van der Waals surface area contributed by atoms with Crippen LogP contribution in [0.4, 0.5) is 0 Å². The molecule has 0 atom stereocenters. The SMILES string of the molecule is Cc1nc(-c2ccccc2O)n(CCc2ccccc2)c(=O)c1-c1ccccc1.Cc1nc(-c2ccccc2O)n(CCc2ccccc2)c(=O)c1Cl. The van der Waals surface area contributed by atoms with Crippen molar-refractivity contribution in [2.45, 2.75) is 39.8 Å². The normalized spacial score (nSPS) is 10.8. The molecule has 0 aliphatic carbocycles. The fraction of sp³-hybridized carbons (Fsp3) is 0.136. The molecule has 0 saturated heterocycles. The molecule has 2 N–H and O–H groups in total. The predicted molar refractivity (Wildman–Crippen MR) is 211 cm³/mol. The van der Waals surface area contributed by atoms with Crippen LogP contribution in [0.15, 0.2) is 149 Å². The number of halogens is 1. The van der Waals surface area contributed by atoms with Gasteiger partial charge in [0.25, 0.3) is 11.1 Å². The molecular weight excluding hydrogens is 684 g/mol. The van der Waals surface area contributed by atoms with Crippen molar-refractivity contribution in [3.63, 3.8) is 0 Å². The second kappa shape index (κ2) is 16.8.